The van der Waals surface area contributed by atoms with Crippen LogP contribution in [0.15, 0.2) is 48.5 Å². The van der Waals surface area contributed by atoms with Gasteiger partial charge in [-0.25, -0.2) is 4.39 Å². The molecule has 0 heterocycles. The second-order valence-corrected chi connectivity index (χ2v) is 3.21. The fourth-order valence-corrected chi connectivity index (χ4v) is 1.42. The van der Waals surface area contributed by atoms with Gasteiger partial charge < -0.3 is 0 Å². The maximum absolute atomic E-state index is 12.9. The minimum absolute atomic E-state index is 0.211. The molecule has 0 aliphatic heterocycles. The van der Waals surface area contributed by atoms with E-state index in [4.69, 9.17) is 0 Å². The Morgan fingerprint density at radius 3 is 2.14 bits per heavy atom. The van der Waals surface area contributed by atoms with E-state index in [1.807, 2.05) is 30.3 Å². The summed E-state index contributed by atoms with van der Waals surface area (Å²) in [6.45, 7) is 3.84. The Morgan fingerprint density at radius 1 is 0.857 bits per heavy atom. The van der Waals surface area contributed by atoms with E-state index < -0.39 is 0 Å². The molecular weight excluding hydrogens is 175 g/mol. The molecule has 14 heavy (non-hydrogen) atoms. The van der Waals surface area contributed by atoms with Crippen LogP contribution in [-0.4, -0.2) is 0 Å². The zero-order valence-electron chi connectivity index (χ0n) is 7.70. The van der Waals surface area contributed by atoms with Crippen molar-refractivity contribution < 1.29 is 4.39 Å². The predicted molar refractivity (Wildman–Crippen MR) is 56.3 cm³/mol. The van der Waals surface area contributed by atoms with Gasteiger partial charge in [0, 0.05) is 0 Å². The molecule has 0 saturated carbocycles. The highest BCUT2D eigenvalue weighted by molar-refractivity contribution is 5.64. The Hall–Kier alpha value is -1.63. The van der Waals surface area contributed by atoms with Crippen molar-refractivity contribution in [2.45, 2.75) is 0 Å². The average Bonchev–Trinajstić information content (AvgIpc) is 2.18. The van der Waals surface area contributed by atoms with Crippen molar-refractivity contribution in [3.05, 3.63) is 66.8 Å². The quantitative estimate of drug-likeness (QED) is 0.635. The summed E-state index contributed by atoms with van der Waals surface area (Å²) in [5.74, 6) is -0.211. The minimum atomic E-state index is -0.211. The lowest BCUT2D eigenvalue weighted by atomic mass is 10.0. The summed E-state index contributed by atoms with van der Waals surface area (Å²) >= 11 is 0. The Morgan fingerprint density at radius 2 is 1.50 bits per heavy atom. The molecule has 0 spiro atoms. The van der Waals surface area contributed by atoms with E-state index in [1.54, 1.807) is 6.07 Å². The summed E-state index contributed by atoms with van der Waals surface area (Å²) in [6, 6.07) is 14.3. The van der Waals surface area contributed by atoms with Gasteiger partial charge in [-0.15, -0.1) is 0 Å². The van der Waals surface area contributed by atoms with Gasteiger partial charge in [0.2, 0.25) is 0 Å². The van der Waals surface area contributed by atoms with Crippen LogP contribution in [0.25, 0.3) is 11.1 Å². The van der Waals surface area contributed by atoms with Crippen LogP contribution in [0.2, 0.25) is 0 Å². The standard InChI is InChI=1S/C13H10F/c1-10-4-2-5-11(8-10)12-6-3-7-13(14)9-12/h2-9H,1H2. The van der Waals surface area contributed by atoms with Gasteiger partial charge in [0.05, 0.1) is 0 Å². The van der Waals surface area contributed by atoms with Crippen LogP contribution in [0, 0.1) is 12.7 Å². The van der Waals surface area contributed by atoms with Gasteiger partial charge in [0.25, 0.3) is 0 Å². The molecule has 0 aliphatic carbocycles. The molecular formula is C13H10F. The number of hydrogen-bond donors (Lipinski definition) is 0. The van der Waals surface area contributed by atoms with E-state index in [-0.39, 0.29) is 5.82 Å². The van der Waals surface area contributed by atoms with E-state index in [2.05, 4.69) is 6.92 Å². The van der Waals surface area contributed by atoms with Gasteiger partial charge in [-0.05, 0) is 35.7 Å². The van der Waals surface area contributed by atoms with Crippen LogP contribution in [0.1, 0.15) is 5.56 Å². The van der Waals surface area contributed by atoms with Crippen molar-refractivity contribution in [3.8, 4) is 11.1 Å². The molecule has 0 aromatic heterocycles. The molecule has 2 aromatic carbocycles. The van der Waals surface area contributed by atoms with Crippen LogP contribution < -0.4 is 0 Å². The highest BCUT2D eigenvalue weighted by atomic mass is 19.1. The number of hydrogen-bond acceptors (Lipinski definition) is 0. The maximum Gasteiger partial charge on any atom is 0.123 e. The molecule has 0 aliphatic rings. The van der Waals surface area contributed by atoms with Crippen LogP contribution in [0.3, 0.4) is 0 Å². The van der Waals surface area contributed by atoms with E-state index in [0.29, 0.717) is 0 Å². The van der Waals surface area contributed by atoms with Gasteiger partial charge in [-0.1, -0.05) is 36.4 Å². The van der Waals surface area contributed by atoms with Crippen molar-refractivity contribution in [2.24, 2.45) is 0 Å². The lowest BCUT2D eigenvalue weighted by Crippen LogP contribution is -1.80. The van der Waals surface area contributed by atoms with E-state index >= 15 is 0 Å². The number of rotatable bonds is 1. The molecule has 0 nitrogen and oxygen atoms in total. The molecule has 1 radical (unpaired) electrons. The Balaban J connectivity index is 2.49. The molecule has 2 rings (SSSR count). The molecule has 0 amide bonds. The second kappa shape index (κ2) is 3.62. The normalized spacial score (nSPS) is 10.1. The van der Waals surface area contributed by atoms with Gasteiger partial charge in [-0.3, -0.25) is 0 Å². The zero-order chi connectivity index (χ0) is 9.97. The molecule has 0 atom stereocenters. The molecule has 0 saturated heterocycles. The molecule has 0 unspecified atom stereocenters. The largest absolute Gasteiger partial charge is 0.207 e. The average molecular weight is 185 g/mol. The number of benzene rings is 2. The topological polar surface area (TPSA) is 0 Å². The van der Waals surface area contributed by atoms with Gasteiger partial charge >= 0.3 is 0 Å². The fraction of sp³-hybridized carbons (Fsp3) is 0. The molecule has 0 bridgehead atoms. The van der Waals surface area contributed by atoms with E-state index in [0.717, 1.165) is 16.7 Å². The lowest BCUT2D eigenvalue weighted by molar-refractivity contribution is 0.628. The summed E-state index contributed by atoms with van der Waals surface area (Å²) in [4.78, 5) is 0. The van der Waals surface area contributed by atoms with Crippen LogP contribution >= 0.6 is 0 Å². The van der Waals surface area contributed by atoms with Crippen LogP contribution in [0.4, 0.5) is 4.39 Å². The summed E-state index contributed by atoms with van der Waals surface area (Å²) in [5.41, 5.74) is 2.82. The SMILES string of the molecule is [CH2]c1cccc(-c2cccc(F)c2)c1. The summed E-state index contributed by atoms with van der Waals surface area (Å²) in [5, 5.41) is 0. The third kappa shape index (κ3) is 1.82. The predicted octanol–water partition coefficient (Wildman–Crippen LogP) is 3.67. The van der Waals surface area contributed by atoms with Crippen molar-refractivity contribution in [3.63, 3.8) is 0 Å². The molecule has 2 aromatic rings. The summed E-state index contributed by atoms with van der Waals surface area (Å²) in [7, 11) is 0. The summed E-state index contributed by atoms with van der Waals surface area (Å²) in [6.07, 6.45) is 0. The minimum Gasteiger partial charge on any atom is -0.207 e. The summed E-state index contributed by atoms with van der Waals surface area (Å²) < 4.78 is 12.9. The highest BCUT2D eigenvalue weighted by Crippen LogP contribution is 2.20. The van der Waals surface area contributed by atoms with Crippen LogP contribution in [-0.2, 0) is 0 Å². The second-order valence-electron chi connectivity index (χ2n) is 3.21. The first-order chi connectivity index (χ1) is 6.75. The number of halogens is 1. The van der Waals surface area contributed by atoms with Crippen LogP contribution in [0.5, 0.6) is 0 Å². The van der Waals surface area contributed by atoms with Gasteiger partial charge in [0.15, 0.2) is 0 Å². The molecule has 0 fully saturated rings. The van der Waals surface area contributed by atoms with Crippen molar-refractivity contribution >= 4 is 0 Å². The third-order valence-corrected chi connectivity index (χ3v) is 2.08. The first-order valence-electron chi connectivity index (χ1n) is 4.44. The monoisotopic (exact) mass is 185 g/mol. The third-order valence-electron chi connectivity index (χ3n) is 2.08. The molecule has 1 heteroatoms. The highest BCUT2D eigenvalue weighted by Gasteiger charge is 1.98. The van der Waals surface area contributed by atoms with Crippen molar-refractivity contribution in [1.29, 1.82) is 0 Å². The molecule has 69 valence electrons. The van der Waals surface area contributed by atoms with Crippen molar-refractivity contribution in [1.82, 2.24) is 0 Å². The van der Waals surface area contributed by atoms with E-state index in [1.165, 1.54) is 12.1 Å². The van der Waals surface area contributed by atoms with E-state index in [9.17, 15) is 4.39 Å². The Labute approximate surface area is 83.0 Å². The molecule has 0 N–H and O–H groups in total. The Bertz CT molecular complexity index is 403. The lowest BCUT2D eigenvalue weighted by Gasteiger charge is -2.02. The van der Waals surface area contributed by atoms with Crippen molar-refractivity contribution in [2.75, 3.05) is 0 Å². The fourth-order valence-electron chi connectivity index (χ4n) is 1.42. The maximum atomic E-state index is 12.9. The smallest absolute Gasteiger partial charge is 0.123 e. The van der Waals surface area contributed by atoms with Gasteiger partial charge in [0.1, 0.15) is 5.82 Å². The first-order valence-corrected chi connectivity index (χ1v) is 4.44. The first kappa shape index (κ1) is 8.95. The van der Waals surface area contributed by atoms with Gasteiger partial charge in [-0.2, -0.15) is 0 Å². The zero-order valence-corrected chi connectivity index (χ0v) is 7.70. The Kier molecular flexibility index (Phi) is 2.32.